The third-order valence-corrected chi connectivity index (χ3v) is 17.6. The number of amides is 8. The van der Waals surface area contributed by atoms with Crippen molar-refractivity contribution in [1.29, 1.82) is 0 Å². The molecule has 0 bridgehead atoms. The molecular weight excluding hydrogens is 1250 g/mol. The molecule has 1 aromatic carbocycles. The van der Waals surface area contributed by atoms with Crippen LogP contribution in [0.3, 0.4) is 0 Å². The lowest BCUT2D eigenvalue weighted by molar-refractivity contribution is -0.137. The molecule has 97 heavy (non-hydrogen) atoms. The number of carbonyl (C=O) groups is 13. The summed E-state index contributed by atoms with van der Waals surface area (Å²) in [5, 5.41) is 43.7. The number of aliphatic hydroxyl groups excluding tert-OH is 2. The van der Waals surface area contributed by atoms with E-state index in [4.69, 9.17) is 22.9 Å². The van der Waals surface area contributed by atoms with Crippen molar-refractivity contribution in [3.63, 3.8) is 0 Å². The molecular formula is C70H118N12O15. The second-order valence-corrected chi connectivity index (χ2v) is 26.4. The fourth-order valence-corrected chi connectivity index (χ4v) is 11.6. The van der Waals surface area contributed by atoms with Gasteiger partial charge in [0.2, 0.25) is 47.3 Å². The summed E-state index contributed by atoms with van der Waals surface area (Å²) in [5.74, 6) is -13.8. The first-order chi connectivity index (χ1) is 46.2. The van der Waals surface area contributed by atoms with Crippen LogP contribution in [0.5, 0.6) is 0 Å². The SMILES string of the molecule is CCCCCCCCC(=O)N[C@@H](CCNC(=O)CCCCCCC(=O)CC)C(=O)C[C@H](C(=O)N[C@@H](CCN)C(=O)C[C@H]1CCNC(=O)[C@H]([C@@H](C)O)CC(=O)[C@H](CCN)NC(=O)[C@H](CCN)NC(=O)[C@H](CC(C)C)NC(=O)[C@@H](Cc2ccccc2)CC(=O)[C@H](CCN)NC1=O)[C@@H](C)O. The van der Waals surface area contributed by atoms with E-state index in [9.17, 15) is 72.5 Å². The van der Waals surface area contributed by atoms with E-state index in [0.717, 1.165) is 51.4 Å². The van der Waals surface area contributed by atoms with Crippen molar-refractivity contribution >= 4 is 76.2 Å². The number of rotatable bonds is 41. The molecule has 8 amide bonds. The van der Waals surface area contributed by atoms with Gasteiger partial charge in [-0.05, 0) is 122 Å². The van der Waals surface area contributed by atoms with E-state index in [-0.39, 0.29) is 121 Å². The van der Waals surface area contributed by atoms with Crippen LogP contribution >= 0.6 is 0 Å². The second kappa shape index (κ2) is 48.7. The number of carbonyl (C=O) groups excluding carboxylic acids is 13. The smallest absolute Gasteiger partial charge is 0.243 e. The molecule has 1 saturated heterocycles. The van der Waals surface area contributed by atoms with E-state index in [1.54, 1.807) is 30.3 Å². The van der Waals surface area contributed by atoms with E-state index in [1.165, 1.54) is 13.8 Å². The minimum atomic E-state index is -1.49. The van der Waals surface area contributed by atoms with E-state index in [2.05, 4.69) is 49.5 Å². The van der Waals surface area contributed by atoms with Crippen molar-refractivity contribution < 1.29 is 72.5 Å². The predicted molar refractivity (Wildman–Crippen MR) is 368 cm³/mol. The minimum Gasteiger partial charge on any atom is -0.393 e. The van der Waals surface area contributed by atoms with Crippen LogP contribution in [0, 0.1) is 29.6 Å². The topological polar surface area (TPSA) is 463 Å². The Morgan fingerprint density at radius 1 is 0.567 bits per heavy atom. The standard InChI is InChI=1S/C70H118N12O15/c1-7-9-10-11-12-20-25-64(91)77-56(31-37-75-63(90)24-19-14-13-18-23-50(85)8-2)62(89)43-52(46(6)84)68(95)79-54(27-33-72)59(86)40-48-30-36-76-67(94)51(45(5)83)42-61(88)55(28-34-73)80-69(96)57(29-35-74)81-70(97)58(38-44(3)4)82-66(93)49(39-47-21-16-15-17-22-47)41-60(87)53(26-32-71)78-65(48)92/h15-17,21-22,44-46,48-49,51-58,83-84H,7-14,18-20,23-43,71-74H2,1-6H3,(H,75,90)(H,76,94)(H,77,91)(H,78,92)(H,79,95)(H,80,96)(H,81,97)(H,82,93)/t45-,46-,48-,49+,51+,52+,53+,54+,55+,56+,57+,58+/m1/s1. The van der Waals surface area contributed by atoms with Crippen molar-refractivity contribution in [2.24, 2.45) is 52.5 Å². The van der Waals surface area contributed by atoms with Crippen LogP contribution in [0.15, 0.2) is 30.3 Å². The van der Waals surface area contributed by atoms with Gasteiger partial charge < -0.3 is 75.7 Å². The summed E-state index contributed by atoms with van der Waals surface area (Å²) in [4.78, 5) is 182. The number of unbranched alkanes of at least 4 members (excludes halogenated alkanes) is 8. The van der Waals surface area contributed by atoms with Gasteiger partial charge in [-0.1, -0.05) is 103 Å². The summed E-state index contributed by atoms with van der Waals surface area (Å²) in [6.45, 7) is 9.22. The number of aliphatic hydroxyl groups is 2. The highest BCUT2D eigenvalue weighted by Gasteiger charge is 2.38. The van der Waals surface area contributed by atoms with Gasteiger partial charge in [0.25, 0.3) is 0 Å². The fraction of sp³-hybridized carbons (Fsp3) is 0.729. The molecule has 12 atom stereocenters. The maximum atomic E-state index is 14.8. The molecule has 0 aromatic heterocycles. The molecule has 2 rings (SSSR count). The van der Waals surface area contributed by atoms with Crippen LogP contribution < -0.4 is 65.5 Å². The number of nitrogens with one attached hydrogen (secondary N) is 8. The maximum Gasteiger partial charge on any atom is 0.243 e. The lowest BCUT2D eigenvalue weighted by atomic mass is 9.88. The van der Waals surface area contributed by atoms with E-state index < -0.39 is 162 Å². The Bertz CT molecular complexity index is 2640. The highest BCUT2D eigenvalue weighted by atomic mass is 16.3. The van der Waals surface area contributed by atoms with Gasteiger partial charge >= 0.3 is 0 Å². The summed E-state index contributed by atoms with van der Waals surface area (Å²) in [7, 11) is 0. The lowest BCUT2D eigenvalue weighted by Gasteiger charge is -2.28. The Labute approximate surface area is 573 Å². The van der Waals surface area contributed by atoms with Crippen molar-refractivity contribution in [3.05, 3.63) is 35.9 Å². The van der Waals surface area contributed by atoms with Crippen LogP contribution in [0.25, 0.3) is 0 Å². The molecule has 18 N–H and O–H groups in total. The van der Waals surface area contributed by atoms with Gasteiger partial charge in [0.05, 0.1) is 48.2 Å². The molecule has 0 aliphatic carbocycles. The van der Waals surface area contributed by atoms with Crippen LogP contribution in [-0.4, -0.2) is 174 Å². The maximum absolute atomic E-state index is 14.8. The zero-order valence-corrected chi connectivity index (χ0v) is 58.5. The molecule has 0 unspecified atom stereocenters. The van der Waals surface area contributed by atoms with Crippen LogP contribution in [0.4, 0.5) is 0 Å². The first kappa shape index (κ1) is 86.2. The van der Waals surface area contributed by atoms with Crippen LogP contribution in [0.2, 0.25) is 0 Å². The van der Waals surface area contributed by atoms with Gasteiger partial charge in [-0.2, -0.15) is 0 Å². The van der Waals surface area contributed by atoms with Gasteiger partial charge in [-0.15, -0.1) is 0 Å². The third kappa shape index (κ3) is 34.4. The highest BCUT2D eigenvalue weighted by Crippen LogP contribution is 2.22. The second-order valence-electron chi connectivity index (χ2n) is 26.4. The fourth-order valence-electron chi connectivity index (χ4n) is 11.6. The van der Waals surface area contributed by atoms with Crippen molar-refractivity contribution in [2.75, 3.05) is 39.3 Å². The number of benzene rings is 1. The van der Waals surface area contributed by atoms with Crippen LogP contribution in [0.1, 0.15) is 208 Å². The number of hydrogen-bond donors (Lipinski definition) is 14. The molecule has 27 nitrogen and oxygen atoms in total. The Hall–Kier alpha value is -6.91. The van der Waals surface area contributed by atoms with Crippen molar-refractivity contribution in [1.82, 2.24) is 42.5 Å². The monoisotopic (exact) mass is 1370 g/mol. The third-order valence-electron chi connectivity index (χ3n) is 17.6. The first-order valence-electron chi connectivity index (χ1n) is 35.4. The molecule has 1 aromatic rings. The van der Waals surface area contributed by atoms with Crippen molar-refractivity contribution in [3.8, 4) is 0 Å². The molecule has 1 heterocycles. The summed E-state index contributed by atoms with van der Waals surface area (Å²) in [6, 6.07) is 0.917. The Morgan fingerprint density at radius 3 is 1.67 bits per heavy atom. The molecule has 0 radical (unpaired) electrons. The van der Waals surface area contributed by atoms with Crippen LogP contribution in [-0.2, 0) is 68.7 Å². The summed E-state index contributed by atoms with van der Waals surface area (Å²) in [6.07, 6.45) is 3.48. The zero-order chi connectivity index (χ0) is 72.4. The molecule has 0 saturated carbocycles. The molecule has 27 heteroatoms. The molecule has 1 aliphatic heterocycles. The summed E-state index contributed by atoms with van der Waals surface area (Å²) < 4.78 is 0. The number of nitrogens with two attached hydrogens (primary N) is 4. The zero-order valence-electron chi connectivity index (χ0n) is 58.5. The minimum absolute atomic E-state index is 0.00216. The van der Waals surface area contributed by atoms with E-state index in [1.807, 2.05) is 20.8 Å². The summed E-state index contributed by atoms with van der Waals surface area (Å²) >= 11 is 0. The lowest BCUT2D eigenvalue weighted by Crippen LogP contribution is -2.57. The predicted octanol–water partition coefficient (Wildman–Crippen LogP) is 1.74. The molecule has 1 aliphatic rings. The average Bonchev–Trinajstić information content (AvgIpc) is 1.10. The van der Waals surface area contributed by atoms with Crippen molar-refractivity contribution in [2.45, 2.75) is 257 Å². The molecule has 1 fully saturated rings. The van der Waals surface area contributed by atoms with Gasteiger partial charge in [-0.25, -0.2) is 0 Å². The summed E-state index contributed by atoms with van der Waals surface area (Å²) in [5.41, 5.74) is 24.6. The largest absolute Gasteiger partial charge is 0.393 e. The Balaban J connectivity index is 2.64. The number of hydrogen-bond acceptors (Lipinski definition) is 19. The average molecular weight is 1370 g/mol. The van der Waals surface area contributed by atoms with Gasteiger partial charge in [0, 0.05) is 76.3 Å². The quantitative estimate of drug-likeness (QED) is 0.0415. The van der Waals surface area contributed by atoms with Gasteiger partial charge in [-0.3, -0.25) is 62.3 Å². The number of ketones is 5. The van der Waals surface area contributed by atoms with Gasteiger partial charge in [0.1, 0.15) is 17.9 Å². The first-order valence-corrected chi connectivity index (χ1v) is 35.4. The van der Waals surface area contributed by atoms with E-state index >= 15 is 0 Å². The number of Topliss-reactive ketones (excluding diaryl/α,β-unsaturated/α-hetero) is 5. The molecule has 548 valence electrons. The highest BCUT2D eigenvalue weighted by molar-refractivity contribution is 5.99. The van der Waals surface area contributed by atoms with Gasteiger partial charge in [0.15, 0.2) is 23.1 Å². The molecule has 0 spiro atoms. The Morgan fingerprint density at radius 2 is 1.09 bits per heavy atom. The Kier molecular flexibility index (Phi) is 43.3. The normalized spacial score (nSPS) is 21.3. The van der Waals surface area contributed by atoms with E-state index in [0.29, 0.717) is 31.2 Å².